The molecule has 1 atom stereocenters. The predicted molar refractivity (Wildman–Crippen MR) is 89.7 cm³/mol. The second-order valence-corrected chi connectivity index (χ2v) is 6.66. The Morgan fingerprint density at radius 3 is 2.50 bits per heavy atom. The lowest BCUT2D eigenvalue weighted by Crippen LogP contribution is -2.48. The maximum Gasteiger partial charge on any atom is 0.223 e. The molecule has 1 aromatic carbocycles. The van der Waals surface area contributed by atoms with E-state index in [2.05, 4.69) is 31.3 Å². The van der Waals surface area contributed by atoms with Gasteiger partial charge < -0.3 is 10.4 Å². The fraction of sp³-hybridized carbons (Fsp3) is 0.632. The summed E-state index contributed by atoms with van der Waals surface area (Å²) in [5, 5.41) is 13.8. The van der Waals surface area contributed by atoms with Crippen LogP contribution in [0.25, 0.3) is 0 Å². The lowest BCUT2D eigenvalue weighted by Gasteiger charge is -2.34. The Kier molecular flexibility index (Phi) is 6.01. The summed E-state index contributed by atoms with van der Waals surface area (Å²) >= 11 is 0. The molecular weight excluding hydrogens is 274 g/mol. The lowest BCUT2D eigenvalue weighted by molar-refractivity contribution is -0.126. The van der Waals surface area contributed by atoms with Crippen LogP contribution in [0, 0.1) is 5.92 Å². The van der Waals surface area contributed by atoms with Crippen molar-refractivity contribution in [3.63, 3.8) is 0 Å². The molecule has 22 heavy (non-hydrogen) atoms. The van der Waals surface area contributed by atoms with Crippen LogP contribution in [0.3, 0.4) is 0 Å². The van der Waals surface area contributed by atoms with Crippen LogP contribution >= 0.6 is 0 Å². The van der Waals surface area contributed by atoms with Gasteiger partial charge in [0.25, 0.3) is 0 Å². The van der Waals surface area contributed by atoms with Crippen molar-refractivity contribution in [1.82, 2.24) is 5.32 Å². The van der Waals surface area contributed by atoms with Crippen LogP contribution in [-0.4, -0.2) is 23.2 Å². The average Bonchev–Trinajstić information content (AvgIpc) is 2.52. The SMILES string of the molecule is CCCC(CCC)C(=O)NCC1(O)CCc2ccccc2C1. The molecule has 0 saturated heterocycles. The van der Waals surface area contributed by atoms with Gasteiger partial charge in [0, 0.05) is 18.9 Å². The van der Waals surface area contributed by atoms with E-state index in [1.807, 2.05) is 12.1 Å². The van der Waals surface area contributed by atoms with Crippen LogP contribution in [0.1, 0.15) is 57.1 Å². The number of aliphatic hydroxyl groups is 1. The van der Waals surface area contributed by atoms with Gasteiger partial charge in [0.05, 0.1) is 5.60 Å². The minimum atomic E-state index is -0.799. The number of rotatable bonds is 7. The highest BCUT2D eigenvalue weighted by Crippen LogP contribution is 2.28. The highest BCUT2D eigenvalue weighted by Gasteiger charge is 2.32. The summed E-state index contributed by atoms with van der Waals surface area (Å²) in [5.41, 5.74) is 1.74. The lowest BCUT2D eigenvalue weighted by atomic mass is 9.80. The molecule has 3 nitrogen and oxygen atoms in total. The Hall–Kier alpha value is -1.35. The van der Waals surface area contributed by atoms with Crippen molar-refractivity contribution in [2.45, 2.75) is 64.4 Å². The number of carbonyl (C=O) groups excluding carboxylic acids is 1. The van der Waals surface area contributed by atoms with E-state index < -0.39 is 5.60 Å². The van der Waals surface area contributed by atoms with Crippen molar-refractivity contribution >= 4 is 5.91 Å². The molecule has 0 radical (unpaired) electrons. The number of aryl methyl sites for hydroxylation is 1. The third kappa shape index (κ3) is 4.33. The number of nitrogens with one attached hydrogen (secondary N) is 1. The van der Waals surface area contributed by atoms with E-state index in [0.717, 1.165) is 38.5 Å². The fourth-order valence-electron chi connectivity index (χ4n) is 3.43. The zero-order valence-electron chi connectivity index (χ0n) is 13.9. The van der Waals surface area contributed by atoms with Gasteiger partial charge in [0.1, 0.15) is 0 Å². The van der Waals surface area contributed by atoms with E-state index in [9.17, 15) is 9.90 Å². The number of benzene rings is 1. The average molecular weight is 303 g/mol. The van der Waals surface area contributed by atoms with Gasteiger partial charge in [-0.15, -0.1) is 0 Å². The molecule has 1 amide bonds. The van der Waals surface area contributed by atoms with E-state index in [-0.39, 0.29) is 11.8 Å². The van der Waals surface area contributed by atoms with Crippen LogP contribution in [0.15, 0.2) is 24.3 Å². The smallest absolute Gasteiger partial charge is 0.223 e. The number of carbonyl (C=O) groups is 1. The maximum absolute atomic E-state index is 12.3. The molecular formula is C19H29NO2. The first-order valence-electron chi connectivity index (χ1n) is 8.65. The third-order valence-corrected chi connectivity index (χ3v) is 4.73. The number of fused-ring (bicyclic) bond motifs is 1. The molecule has 0 aliphatic heterocycles. The summed E-state index contributed by atoms with van der Waals surface area (Å²) in [7, 11) is 0. The van der Waals surface area contributed by atoms with Crippen LogP contribution in [0.4, 0.5) is 0 Å². The van der Waals surface area contributed by atoms with Crippen LogP contribution in [0.2, 0.25) is 0 Å². The molecule has 0 aromatic heterocycles. The molecule has 0 saturated carbocycles. The van der Waals surface area contributed by atoms with Gasteiger partial charge >= 0.3 is 0 Å². The van der Waals surface area contributed by atoms with E-state index in [1.165, 1.54) is 11.1 Å². The molecule has 2 N–H and O–H groups in total. The summed E-state index contributed by atoms with van der Waals surface area (Å²) in [6.45, 7) is 4.59. The number of amides is 1. The summed E-state index contributed by atoms with van der Waals surface area (Å²) in [6, 6.07) is 8.27. The second-order valence-electron chi connectivity index (χ2n) is 6.66. The molecule has 1 aliphatic rings. The monoisotopic (exact) mass is 303 g/mol. The first-order valence-corrected chi connectivity index (χ1v) is 8.65. The highest BCUT2D eigenvalue weighted by molar-refractivity contribution is 5.78. The van der Waals surface area contributed by atoms with Gasteiger partial charge in [-0.05, 0) is 36.8 Å². The maximum atomic E-state index is 12.3. The topological polar surface area (TPSA) is 49.3 Å². The largest absolute Gasteiger partial charge is 0.388 e. The molecule has 122 valence electrons. The summed E-state index contributed by atoms with van der Waals surface area (Å²) < 4.78 is 0. The summed E-state index contributed by atoms with van der Waals surface area (Å²) in [5.74, 6) is 0.200. The standard InChI is InChI=1S/C19H29NO2/c1-3-7-16(8-4-2)18(21)20-14-19(22)12-11-15-9-5-6-10-17(15)13-19/h5-6,9-10,16,22H,3-4,7-8,11-14H2,1-2H3,(H,20,21). The van der Waals surface area contributed by atoms with E-state index in [0.29, 0.717) is 13.0 Å². The molecule has 1 unspecified atom stereocenters. The quantitative estimate of drug-likeness (QED) is 0.812. The minimum Gasteiger partial charge on any atom is -0.388 e. The van der Waals surface area contributed by atoms with E-state index in [1.54, 1.807) is 0 Å². The van der Waals surface area contributed by atoms with E-state index >= 15 is 0 Å². The molecule has 0 spiro atoms. The van der Waals surface area contributed by atoms with Gasteiger partial charge in [-0.2, -0.15) is 0 Å². The number of hydrogen-bond donors (Lipinski definition) is 2. The predicted octanol–water partition coefficient (Wildman–Crippen LogP) is 3.24. The van der Waals surface area contributed by atoms with Crippen molar-refractivity contribution in [1.29, 1.82) is 0 Å². The van der Waals surface area contributed by atoms with Gasteiger partial charge in [0.2, 0.25) is 5.91 Å². The van der Waals surface area contributed by atoms with Crippen LogP contribution in [-0.2, 0) is 17.6 Å². The van der Waals surface area contributed by atoms with Gasteiger partial charge in [-0.1, -0.05) is 51.0 Å². The summed E-state index contributed by atoms with van der Waals surface area (Å²) in [4.78, 5) is 12.3. The zero-order chi connectivity index (χ0) is 16.0. The van der Waals surface area contributed by atoms with Crippen molar-refractivity contribution < 1.29 is 9.90 Å². The molecule has 1 aliphatic carbocycles. The highest BCUT2D eigenvalue weighted by atomic mass is 16.3. The van der Waals surface area contributed by atoms with Crippen molar-refractivity contribution in [2.24, 2.45) is 5.92 Å². The Labute approximate surface area is 134 Å². The zero-order valence-corrected chi connectivity index (χ0v) is 13.9. The fourth-order valence-corrected chi connectivity index (χ4v) is 3.43. The van der Waals surface area contributed by atoms with Crippen molar-refractivity contribution in [3.8, 4) is 0 Å². The summed E-state index contributed by atoms with van der Waals surface area (Å²) in [6.07, 6.45) is 6.15. The van der Waals surface area contributed by atoms with Crippen molar-refractivity contribution in [2.75, 3.05) is 6.54 Å². The van der Waals surface area contributed by atoms with Gasteiger partial charge in [-0.25, -0.2) is 0 Å². The molecule has 0 bridgehead atoms. The first-order chi connectivity index (χ1) is 10.6. The third-order valence-electron chi connectivity index (χ3n) is 4.73. The number of hydrogen-bond acceptors (Lipinski definition) is 2. The van der Waals surface area contributed by atoms with Crippen molar-refractivity contribution in [3.05, 3.63) is 35.4 Å². The first kappa shape index (κ1) is 17.0. The Morgan fingerprint density at radius 1 is 1.23 bits per heavy atom. The van der Waals surface area contributed by atoms with E-state index in [4.69, 9.17) is 0 Å². The van der Waals surface area contributed by atoms with Crippen LogP contribution in [0.5, 0.6) is 0 Å². The van der Waals surface area contributed by atoms with Gasteiger partial charge in [0.15, 0.2) is 0 Å². The Bertz CT molecular complexity index is 494. The second kappa shape index (κ2) is 7.77. The molecule has 2 rings (SSSR count). The van der Waals surface area contributed by atoms with Crippen LogP contribution < -0.4 is 5.32 Å². The molecule has 3 heteroatoms. The normalized spacial score (nSPS) is 20.7. The molecule has 0 heterocycles. The minimum absolute atomic E-state index is 0.0921. The van der Waals surface area contributed by atoms with Gasteiger partial charge in [-0.3, -0.25) is 4.79 Å². The Balaban J connectivity index is 1.92. The molecule has 1 aromatic rings. The molecule has 0 fully saturated rings. The Morgan fingerprint density at radius 2 is 1.86 bits per heavy atom.